The second kappa shape index (κ2) is 9.89. The van der Waals surface area contributed by atoms with Crippen LogP contribution in [0.3, 0.4) is 0 Å². The van der Waals surface area contributed by atoms with Gasteiger partial charge < -0.3 is 0 Å². The van der Waals surface area contributed by atoms with E-state index in [2.05, 4.69) is 4.98 Å². The first kappa shape index (κ1) is 23.1. The van der Waals surface area contributed by atoms with E-state index in [-0.39, 0.29) is 11.5 Å². The number of aryl methyl sites for hydroxylation is 1. The highest BCUT2D eigenvalue weighted by molar-refractivity contribution is 7.16. The molecule has 0 radical (unpaired) electrons. The molecule has 0 aliphatic rings. The van der Waals surface area contributed by atoms with E-state index in [0.29, 0.717) is 21.3 Å². The van der Waals surface area contributed by atoms with E-state index in [4.69, 9.17) is 5.10 Å². The number of carbonyl (C=O) groups excluding carboxylic acids is 1. The van der Waals surface area contributed by atoms with E-state index in [0.717, 1.165) is 22.5 Å². The van der Waals surface area contributed by atoms with Gasteiger partial charge in [0.1, 0.15) is 0 Å². The summed E-state index contributed by atoms with van der Waals surface area (Å²) in [5.41, 5.74) is 4.79. The summed E-state index contributed by atoms with van der Waals surface area (Å²) < 4.78 is 1.77. The van der Waals surface area contributed by atoms with Crippen LogP contribution in [0.15, 0.2) is 97.1 Å². The number of hydrogen-bond donors (Lipinski definition) is 0. The van der Waals surface area contributed by atoms with E-state index in [1.807, 2.05) is 66.7 Å². The first-order chi connectivity index (χ1) is 17.5. The Morgan fingerprint density at radius 3 is 2.33 bits per heavy atom. The summed E-state index contributed by atoms with van der Waals surface area (Å²) in [6.07, 6.45) is 2.99. The van der Waals surface area contributed by atoms with Crippen LogP contribution >= 0.6 is 11.3 Å². The third-order valence-electron chi connectivity index (χ3n) is 5.55. The van der Waals surface area contributed by atoms with Crippen molar-refractivity contribution in [2.24, 2.45) is 0 Å². The number of thiazole rings is 1. The van der Waals surface area contributed by atoms with Crippen LogP contribution in [0.5, 0.6) is 0 Å². The lowest BCUT2D eigenvalue weighted by Gasteiger charge is -2.03. The Bertz CT molecular complexity index is 1590. The Hall–Kier alpha value is -4.69. The van der Waals surface area contributed by atoms with Gasteiger partial charge in [-0.05, 0) is 24.6 Å². The van der Waals surface area contributed by atoms with Gasteiger partial charge in [-0.25, -0.2) is 9.67 Å². The highest BCUT2D eigenvalue weighted by Crippen LogP contribution is 2.31. The summed E-state index contributed by atoms with van der Waals surface area (Å²) in [7, 11) is 0. The highest BCUT2D eigenvalue weighted by atomic mass is 32.1. The largest absolute Gasteiger partial charge is 0.288 e. The maximum Gasteiger partial charge on any atom is 0.270 e. The average Bonchev–Trinajstić information content (AvgIpc) is 3.52. The van der Waals surface area contributed by atoms with E-state index >= 15 is 0 Å². The monoisotopic (exact) mass is 492 g/mol. The number of allylic oxidation sites excluding steroid dienone is 1. The molecule has 0 bridgehead atoms. The minimum Gasteiger partial charge on any atom is -0.288 e. The molecule has 0 N–H and O–H groups in total. The predicted octanol–water partition coefficient (Wildman–Crippen LogP) is 6.78. The maximum atomic E-state index is 13.0. The molecule has 36 heavy (non-hydrogen) atoms. The Balaban J connectivity index is 1.51. The van der Waals surface area contributed by atoms with Crippen molar-refractivity contribution in [3.63, 3.8) is 0 Å². The second-order valence-corrected chi connectivity index (χ2v) is 9.00. The van der Waals surface area contributed by atoms with E-state index in [1.165, 1.54) is 29.5 Å². The molecule has 8 heteroatoms. The van der Waals surface area contributed by atoms with Crippen molar-refractivity contribution < 1.29 is 9.72 Å². The van der Waals surface area contributed by atoms with Crippen molar-refractivity contribution >= 4 is 28.9 Å². The van der Waals surface area contributed by atoms with Crippen LogP contribution < -0.4 is 0 Å². The van der Waals surface area contributed by atoms with Gasteiger partial charge in [0.2, 0.25) is 5.13 Å². The summed E-state index contributed by atoms with van der Waals surface area (Å²) >= 11 is 1.26. The van der Waals surface area contributed by atoms with Crippen molar-refractivity contribution in [1.29, 1.82) is 0 Å². The smallest absolute Gasteiger partial charge is 0.270 e. The number of benzene rings is 3. The minimum atomic E-state index is -0.461. The third-order valence-corrected chi connectivity index (χ3v) is 6.69. The molecule has 0 fully saturated rings. The third kappa shape index (κ3) is 4.75. The Morgan fingerprint density at radius 1 is 0.944 bits per heavy atom. The molecular formula is C28H20N4O3S. The van der Waals surface area contributed by atoms with Gasteiger partial charge in [0.05, 0.1) is 26.9 Å². The number of aromatic nitrogens is 3. The number of nitro groups is 1. The molecule has 3 aromatic carbocycles. The SMILES string of the molecule is Cc1nc(-n2nc(-c3ccccc3)cc2-c2ccccc2)sc1C(=O)/C=C\c1cccc([N+](=O)[O-])c1. The number of nitrogens with zero attached hydrogens (tertiary/aromatic N) is 4. The molecular weight excluding hydrogens is 472 g/mol. The molecule has 0 spiro atoms. The van der Waals surface area contributed by atoms with Crippen LogP contribution in [0.1, 0.15) is 20.9 Å². The Kier molecular flexibility index (Phi) is 6.34. The lowest BCUT2D eigenvalue weighted by Crippen LogP contribution is -1.98. The second-order valence-electron chi connectivity index (χ2n) is 8.02. The molecule has 5 aromatic rings. The quantitative estimate of drug-likeness (QED) is 0.108. The lowest BCUT2D eigenvalue weighted by atomic mass is 10.1. The van der Waals surface area contributed by atoms with Gasteiger partial charge in [0.15, 0.2) is 5.78 Å². The normalized spacial score (nSPS) is 11.1. The van der Waals surface area contributed by atoms with Crippen molar-refractivity contribution in [2.75, 3.05) is 0 Å². The number of nitro benzene ring substituents is 1. The summed E-state index contributed by atoms with van der Waals surface area (Å²) in [5, 5.41) is 16.4. The lowest BCUT2D eigenvalue weighted by molar-refractivity contribution is -0.384. The number of carbonyl (C=O) groups is 1. The van der Waals surface area contributed by atoms with Gasteiger partial charge in [-0.3, -0.25) is 14.9 Å². The van der Waals surface area contributed by atoms with Gasteiger partial charge in [-0.15, -0.1) is 0 Å². The molecule has 0 aliphatic carbocycles. The van der Waals surface area contributed by atoms with Crippen LogP contribution in [-0.2, 0) is 0 Å². The average molecular weight is 493 g/mol. The molecule has 0 amide bonds. The van der Waals surface area contributed by atoms with Crippen LogP contribution in [-0.4, -0.2) is 25.5 Å². The van der Waals surface area contributed by atoms with Gasteiger partial charge in [-0.1, -0.05) is 90.2 Å². The molecule has 0 unspecified atom stereocenters. The fourth-order valence-corrected chi connectivity index (χ4v) is 4.74. The molecule has 7 nitrogen and oxygen atoms in total. The fourth-order valence-electron chi connectivity index (χ4n) is 3.78. The Labute approximate surface area is 211 Å². The molecule has 0 saturated carbocycles. The van der Waals surface area contributed by atoms with Crippen molar-refractivity contribution in [3.8, 4) is 27.6 Å². The topological polar surface area (TPSA) is 90.9 Å². The molecule has 176 valence electrons. The number of rotatable bonds is 7. The molecule has 0 saturated heterocycles. The standard InChI is InChI=1S/C28H20N4O3S/c1-19-27(26(33)16-15-20-9-8-14-23(17-20)32(34)35)36-28(29-19)31-25(22-12-6-3-7-13-22)18-24(30-31)21-10-4-2-5-11-21/h2-18H,1H3/b16-15-. The van der Waals surface area contributed by atoms with Gasteiger partial charge in [0, 0.05) is 23.3 Å². The summed E-state index contributed by atoms with van der Waals surface area (Å²) in [5.74, 6) is -0.223. The van der Waals surface area contributed by atoms with Gasteiger partial charge >= 0.3 is 0 Å². The fraction of sp³-hybridized carbons (Fsp3) is 0.0357. The zero-order valence-corrected chi connectivity index (χ0v) is 20.1. The number of hydrogen-bond acceptors (Lipinski definition) is 6. The maximum absolute atomic E-state index is 13.0. The van der Waals surface area contributed by atoms with Crippen LogP contribution in [0, 0.1) is 17.0 Å². The Morgan fingerprint density at radius 2 is 1.64 bits per heavy atom. The zero-order chi connectivity index (χ0) is 25.1. The van der Waals surface area contributed by atoms with E-state index in [1.54, 1.807) is 29.8 Å². The van der Waals surface area contributed by atoms with Crippen molar-refractivity contribution in [1.82, 2.24) is 14.8 Å². The molecule has 0 atom stereocenters. The number of non-ortho nitro benzene ring substituents is 1. The van der Waals surface area contributed by atoms with Crippen LogP contribution in [0.2, 0.25) is 0 Å². The van der Waals surface area contributed by atoms with Crippen molar-refractivity contribution in [2.45, 2.75) is 6.92 Å². The summed E-state index contributed by atoms with van der Waals surface area (Å²) in [6, 6.07) is 28.0. The first-order valence-electron chi connectivity index (χ1n) is 11.1. The molecule has 0 aliphatic heterocycles. The molecule has 2 heterocycles. The van der Waals surface area contributed by atoms with E-state index < -0.39 is 4.92 Å². The van der Waals surface area contributed by atoms with Crippen LogP contribution in [0.4, 0.5) is 5.69 Å². The minimum absolute atomic E-state index is 0.0257. The van der Waals surface area contributed by atoms with Gasteiger partial charge in [-0.2, -0.15) is 5.10 Å². The predicted molar refractivity (Wildman–Crippen MR) is 141 cm³/mol. The summed E-state index contributed by atoms with van der Waals surface area (Å²) in [4.78, 5) is 28.7. The van der Waals surface area contributed by atoms with Crippen LogP contribution in [0.25, 0.3) is 33.7 Å². The van der Waals surface area contributed by atoms with Gasteiger partial charge in [0.25, 0.3) is 5.69 Å². The van der Waals surface area contributed by atoms with Crippen molar-refractivity contribution in [3.05, 3.63) is 123 Å². The summed E-state index contributed by atoms with van der Waals surface area (Å²) in [6.45, 7) is 1.79. The van der Waals surface area contributed by atoms with E-state index in [9.17, 15) is 14.9 Å². The molecule has 2 aromatic heterocycles. The molecule has 5 rings (SSSR count). The zero-order valence-electron chi connectivity index (χ0n) is 19.2. The first-order valence-corrected chi connectivity index (χ1v) is 12.0. The highest BCUT2D eigenvalue weighted by Gasteiger charge is 2.19. The number of ketones is 1.